The number of azo groups is 1. The minimum Gasteiger partial charge on any atom is -0.427 e. The number of ether oxygens (including phenoxy) is 1. The zero-order valence-electron chi connectivity index (χ0n) is 28.5. The Labute approximate surface area is 270 Å². The summed E-state index contributed by atoms with van der Waals surface area (Å²) in [6, 6.07) is 15.7. The van der Waals surface area contributed by atoms with E-state index in [0.717, 1.165) is 30.6 Å². The van der Waals surface area contributed by atoms with Crippen LogP contribution in [0.25, 0.3) is 0 Å². The first-order valence-electron chi connectivity index (χ1n) is 18.5. The second-order valence-electron chi connectivity index (χ2n) is 12.8. The van der Waals surface area contributed by atoms with Crippen LogP contribution in [0.1, 0.15) is 174 Å². The van der Waals surface area contributed by atoms with Gasteiger partial charge < -0.3 is 4.74 Å². The number of benzene rings is 2. The Morgan fingerprint density at radius 3 is 1.27 bits per heavy atom. The first kappa shape index (κ1) is 37.7. The van der Waals surface area contributed by atoms with Crippen LogP contribution in [0.2, 0.25) is 0 Å². The molecule has 0 N–H and O–H groups in total. The van der Waals surface area contributed by atoms with Gasteiger partial charge in [-0.25, -0.2) is 0 Å². The van der Waals surface area contributed by atoms with Crippen molar-refractivity contribution < 1.29 is 9.53 Å². The average molecular weight is 605 g/mol. The van der Waals surface area contributed by atoms with Crippen molar-refractivity contribution in [2.45, 2.75) is 174 Å². The molecule has 2 aromatic carbocycles. The van der Waals surface area contributed by atoms with Gasteiger partial charge in [-0.2, -0.15) is 10.2 Å². The summed E-state index contributed by atoms with van der Waals surface area (Å²) in [5.41, 5.74) is 2.95. The first-order valence-corrected chi connectivity index (χ1v) is 18.5. The number of nitrogens with zero attached hydrogens (tertiary/aromatic N) is 2. The van der Waals surface area contributed by atoms with Crippen LogP contribution in [0.4, 0.5) is 11.4 Å². The fourth-order valence-corrected chi connectivity index (χ4v) is 5.71. The van der Waals surface area contributed by atoms with Crippen LogP contribution in [-0.2, 0) is 11.2 Å². The maximum Gasteiger partial charge on any atom is 0.311 e. The molecule has 0 aromatic heterocycles. The third kappa shape index (κ3) is 20.5. The number of aryl methyl sites for hydroxylation is 1. The Morgan fingerprint density at radius 1 is 0.477 bits per heavy atom. The lowest BCUT2D eigenvalue weighted by Gasteiger charge is -2.05. The number of carbonyl (C=O) groups excluding carboxylic acids is 1. The van der Waals surface area contributed by atoms with Crippen LogP contribution in [0.15, 0.2) is 58.8 Å². The van der Waals surface area contributed by atoms with E-state index in [4.69, 9.17) is 4.74 Å². The Balaban J connectivity index is 1.45. The molecule has 2 rings (SSSR count). The van der Waals surface area contributed by atoms with Gasteiger partial charge in [0.05, 0.1) is 11.4 Å². The minimum absolute atomic E-state index is 0.151. The topological polar surface area (TPSA) is 51.0 Å². The fourth-order valence-electron chi connectivity index (χ4n) is 5.71. The van der Waals surface area contributed by atoms with E-state index in [2.05, 4.69) is 36.2 Å². The molecule has 44 heavy (non-hydrogen) atoms. The van der Waals surface area contributed by atoms with Gasteiger partial charge in [0.25, 0.3) is 0 Å². The van der Waals surface area contributed by atoms with Crippen molar-refractivity contribution in [2.75, 3.05) is 0 Å². The predicted molar refractivity (Wildman–Crippen MR) is 189 cm³/mol. The van der Waals surface area contributed by atoms with Crippen LogP contribution in [0.3, 0.4) is 0 Å². The molecule has 4 nitrogen and oxygen atoms in total. The fraction of sp³-hybridized carbons (Fsp3) is 0.675. The number of hydrogen-bond donors (Lipinski definition) is 0. The van der Waals surface area contributed by atoms with E-state index in [1.54, 1.807) is 12.1 Å². The summed E-state index contributed by atoms with van der Waals surface area (Å²) in [5, 5.41) is 8.71. The van der Waals surface area contributed by atoms with Crippen molar-refractivity contribution in [3.63, 3.8) is 0 Å². The van der Waals surface area contributed by atoms with Gasteiger partial charge in [0.2, 0.25) is 0 Å². The molecule has 0 aliphatic carbocycles. The second kappa shape index (κ2) is 26.9. The molecule has 0 bridgehead atoms. The van der Waals surface area contributed by atoms with E-state index in [1.165, 1.54) is 140 Å². The first-order chi connectivity index (χ1) is 21.7. The van der Waals surface area contributed by atoms with Crippen LogP contribution in [0.5, 0.6) is 5.75 Å². The quantitative estimate of drug-likeness (QED) is 0.0420. The third-order valence-electron chi connectivity index (χ3n) is 8.59. The highest BCUT2D eigenvalue weighted by molar-refractivity contribution is 5.72. The zero-order chi connectivity index (χ0) is 31.3. The number of rotatable bonds is 28. The molecule has 0 unspecified atom stereocenters. The summed E-state index contributed by atoms with van der Waals surface area (Å²) in [6.07, 6.45) is 32.3. The molecule has 246 valence electrons. The highest BCUT2D eigenvalue weighted by Gasteiger charge is 2.05. The van der Waals surface area contributed by atoms with Gasteiger partial charge in [0.15, 0.2) is 0 Å². The van der Waals surface area contributed by atoms with E-state index < -0.39 is 0 Å². The summed E-state index contributed by atoms with van der Waals surface area (Å²) in [5.74, 6) is 0.418. The zero-order valence-corrected chi connectivity index (χ0v) is 28.5. The molecule has 0 fully saturated rings. The lowest BCUT2D eigenvalue weighted by molar-refractivity contribution is -0.134. The van der Waals surface area contributed by atoms with Crippen LogP contribution < -0.4 is 4.74 Å². The lowest BCUT2D eigenvalue weighted by atomic mass is 10.0. The molecule has 4 heteroatoms. The molecule has 0 spiro atoms. The molecular formula is C40H64N2O2. The molecule has 0 saturated carbocycles. The molecule has 0 aliphatic heterocycles. The largest absolute Gasteiger partial charge is 0.427 e. The number of carbonyl (C=O) groups is 1. The van der Waals surface area contributed by atoms with Gasteiger partial charge in [0, 0.05) is 6.42 Å². The highest BCUT2D eigenvalue weighted by atomic mass is 16.5. The van der Waals surface area contributed by atoms with E-state index >= 15 is 0 Å². The van der Waals surface area contributed by atoms with Gasteiger partial charge in [-0.05, 0) is 61.2 Å². The Kier molecular flexibility index (Phi) is 23.0. The predicted octanol–water partition coefficient (Wildman–Crippen LogP) is 14.0. The summed E-state index contributed by atoms with van der Waals surface area (Å²) in [4.78, 5) is 12.3. The average Bonchev–Trinajstić information content (AvgIpc) is 3.04. The van der Waals surface area contributed by atoms with E-state index in [0.29, 0.717) is 12.2 Å². The summed E-state index contributed by atoms with van der Waals surface area (Å²) < 4.78 is 5.52. The molecule has 0 radical (unpaired) electrons. The van der Waals surface area contributed by atoms with Crippen molar-refractivity contribution in [1.82, 2.24) is 0 Å². The van der Waals surface area contributed by atoms with E-state index in [1.807, 2.05) is 24.3 Å². The summed E-state index contributed by atoms with van der Waals surface area (Å²) >= 11 is 0. The van der Waals surface area contributed by atoms with Crippen LogP contribution in [0, 0.1) is 0 Å². The summed E-state index contributed by atoms with van der Waals surface area (Å²) in [7, 11) is 0. The van der Waals surface area contributed by atoms with Crippen LogP contribution >= 0.6 is 0 Å². The minimum atomic E-state index is -0.151. The maximum atomic E-state index is 12.3. The van der Waals surface area contributed by atoms with E-state index in [9.17, 15) is 4.79 Å². The molecule has 0 amide bonds. The molecule has 0 saturated heterocycles. The highest BCUT2D eigenvalue weighted by Crippen LogP contribution is 2.23. The van der Waals surface area contributed by atoms with Crippen molar-refractivity contribution in [1.29, 1.82) is 0 Å². The van der Waals surface area contributed by atoms with E-state index in [-0.39, 0.29) is 5.97 Å². The van der Waals surface area contributed by atoms with Gasteiger partial charge >= 0.3 is 5.97 Å². The van der Waals surface area contributed by atoms with Crippen molar-refractivity contribution in [3.05, 3.63) is 54.1 Å². The number of unbranched alkanes of at least 4 members (excludes halogenated alkanes) is 21. The standard InChI is InChI=1S/C40H64N2O2/c1-3-5-7-9-11-12-13-14-15-16-17-18-19-20-21-23-25-27-40(43)44-39-34-32-38(33-35-39)42-41-37-30-28-36(29-31-37)26-24-22-10-8-6-4-2/h28-35H,3-27H2,1-2H3. The van der Waals surface area contributed by atoms with Gasteiger partial charge in [-0.15, -0.1) is 0 Å². The third-order valence-corrected chi connectivity index (χ3v) is 8.59. The van der Waals surface area contributed by atoms with Crippen molar-refractivity contribution in [3.8, 4) is 5.75 Å². The summed E-state index contributed by atoms with van der Waals surface area (Å²) in [6.45, 7) is 4.54. The van der Waals surface area contributed by atoms with Gasteiger partial charge in [0.1, 0.15) is 5.75 Å². The lowest BCUT2D eigenvalue weighted by Crippen LogP contribution is -2.07. The number of esters is 1. The second-order valence-corrected chi connectivity index (χ2v) is 12.8. The molecule has 0 atom stereocenters. The normalized spacial score (nSPS) is 11.4. The Hall–Kier alpha value is -2.49. The molecule has 0 aliphatic rings. The van der Waals surface area contributed by atoms with Gasteiger partial charge in [-0.1, -0.05) is 161 Å². The van der Waals surface area contributed by atoms with Crippen molar-refractivity contribution in [2.24, 2.45) is 10.2 Å². The number of hydrogen-bond acceptors (Lipinski definition) is 4. The van der Waals surface area contributed by atoms with Gasteiger partial charge in [-0.3, -0.25) is 4.79 Å². The van der Waals surface area contributed by atoms with Crippen LogP contribution in [-0.4, -0.2) is 5.97 Å². The smallest absolute Gasteiger partial charge is 0.311 e. The Morgan fingerprint density at radius 2 is 0.841 bits per heavy atom. The molecule has 0 heterocycles. The molecular weight excluding hydrogens is 540 g/mol. The van der Waals surface area contributed by atoms with Crippen molar-refractivity contribution >= 4 is 17.3 Å². The molecule has 2 aromatic rings. The Bertz CT molecular complexity index is 968. The monoisotopic (exact) mass is 604 g/mol. The SMILES string of the molecule is CCCCCCCCCCCCCCCCCCCC(=O)Oc1ccc(N=Nc2ccc(CCCCCCCC)cc2)cc1. The maximum absolute atomic E-state index is 12.3.